The number of nitrogens with one attached hydrogen (secondary N) is 1. The molecule has 0 atom stereocenters. The van der Waals surface area contributed by atoms with E-state index in [1.54, 1.807) is 0 Å². The van der Waals surface area contributed by atoms with Gasteiger partial charge >= 0.3 is 0 Å². The van der Waals surface area contributed by atoms with Crippen molar-refractivity contribution in [2.75, 3.05) is 24.3 Å². The summed E-state index contributed by atoms with van der Waals surface area (Å²) in [4.78, 5) is 2.19. The summed E-state index contributed by atoms with van der Waals surface area (Å²) in [7, 11) is 4.23. The van der Waals surface area contributed by atoms with Gasteiger partial charge in [0.15, 0.2) is 0 Å². The molecule has 0 spiro atoms. The molecular formula is C19H34N2. The van der Waals surface area contributed by atoms with E-state index in [9.17, 15) is 0 Å². The topological polar surface area (TPSA) is 15.3 Å². The number of para-hydroxylation sites is 2. The van der Waals surface area contributed by atoms with Gasteiger partial charge < -0.3 is 10.2 Å². The molecule has 1 aromatic rings. The number of hydrogen-bond donors (Lipinski definition) is 1. The van der Waals surface area contributed by atoms with E-state index in [0.29, 0.717) is 6.04 Å². The second kappa shape index (κ2) is 10.5. The third-order valence-corrected chi connectivity index (χ3v) is 4.06. The van der Waals surface area contributed by atoms with Gasteiger partial charge in [-0.25, -0.2) is 0 Å². The van der Waals surface area contributed by atoms with E-state index in [1.807, 2.05) is 0 Å². The fraction of sp³-hybridized carbons (Fsp3) is 0.684. The van der Waals surface area contributed by atoms with Crippen molar-refractivity contribution in [3.8, 4) is 0 Å². The lowest BCUT2D eigenvalue weighted by Crippen LogP contribution is -2.21. The molecule has 0 aliphatic heterocycles. The Kier molecular flexibility index (Phi) is 8.96. The van der Waals surface area contributed by atoms with Crippen molar-refractivity contribution >= 4 is 11.4 Å². The average Bonchev–Trinajstić information content (AvgIpc) is 2.48. The Hall–Kier alpha value is -1.18. The van der Waals surface area contributed by atoms with Crippen LogP contribution in [0.2, 0.25) is 0 Å². The van der Waals surface area contributed by atoms with Crippen molar-refractivity contribution in [1.29, 1.82) is 0 Å². The summed E-state index contributed by atoms with van der Waals surface area (Å²) in [5.74, 6) is 0. The van der Waals surface area contributed by atoms with Crippen LogP contribution >= 0.6 is 0 Å². The SMILES string of the molecule is CCCCCC(CCCCC)Nc1ccccc1N(C)C. The summed E-state index contributed by atoms with van der Waals surface area (Å²) >= 11 is 0. The molecule has 0 heterocycles. The minimum absolute atomic E-state index is 0.615. The van der Waals surface area contributed by atoms with E-state index in [4.69, 9.17) is 0 Å². The molecule has 21 heavy (non-hydrogen) atoms. The predicted molar refractivity (Wildman–Crippen MR) is 96.5 cm³/mol. The Morgan fingerprint density at radius 2 is 1.48 bits per heavy atom. The number of anilines is 2. The highest BCUT2D eigenvalue weighted by Gasteiger charge is 2.11. The molecule has 0 aliphatic carbocycles. The van der Waals surface area contributed by atoms with Crippen molar-refractivity contribution in [2.45, 2.75) is 71.3 Å². The van der Waals surface area contributed by atoms with Gasteiger partial charge in [0.2, 0.25) is 0 Å². The van der Waals surface area contributed by atoms with Gasteiger partial charge in [0.25, 0.3) is 0 Å². The summed E-state index contributed by atoms with van der Waals surface area (Å²) in [5, 5.41) is 3.81. The van der Waals surface area contributed by atoms with E-state index >= 15 is 0 Å². The predicted octanol–water partition coefficient (Wildman–Crippen LogP) is 5.69. The number of hydrogen-bond acceptors (Lipinski definition) is 2. The largest absolute Gasteiger partial charge is 0.381 e. The number of unbranched alkanes of at least 4 members (excludes halogenated alkanes) is 4. The summed E-state index contributed by atoms with van der Waals surface area (Å²) in [5.41, 5.74) is 2.56. The van der Waals surface area contributed by atoms with Crippen LogP contribution in [0, 0.1) is 0 Å². The van der Waals surface area contributed by atoms with E-state index in [2.05, 4.69) is 62.4 Å². The monoisotopic (exact) mass is 290 g/mol. The maximum Gasteiger partial charge on any atom is 0.0596 e. The van der Waals surface area contributed by atoms with Crippen molar-refractivity contribution in [3.05, 3.63) is 24.3 Å². The fourth-order valence-electron chi connectivity index (χ4n) is 2.78. The van der Waals surface area contributed by atoms with Crippen LogP contribution in [0.1, 0.15) is 65.2 Å². The third-order valence-electron chi connectivity index (χ3n) is 4.06. The van der Waals surface area contributed by atoms with Gasteiger partial charge in [0, 0.05) is 20.1 Å². The Morgan fingerprint density at radius 1 is 0.905 bits per heavy atom. The van der Waals surface area contributed by atoms with E-state index in [1.165, 1.54) is 62.7 Å². The molecule has 0 saturated heterocycles. The van der Waals surface area contributed by atoms with Crippen molar-refractivity contribution in [3.63, 3.8) is 0 Å². The lowest BCUT2D eigenvalue weighted by molar-refractivity contribution is 0.526. The first-order valence-electron chi connectivity index (χ1n) is 8.71. The molecule has 2 nitrogen and oxygen atoms in total. The number of rotatable bonds is 11. The first kappa shape index (κ1) is 17.9. The second-order valence-electron chi connectivity index (χ2n) is 6.24. The zero-order chi connectivity index (χ0) is 15.5. The maximum absolute atomic E-state index is 3.81. The highest BCUT2D eigenvalue weighted by atomic mass is 15.1. The van der Waals surface area contributed by atoms with Crippen molar-refractivity contribution in [2.24, 2.45) is 0 Å². The van der Waals surface area contributed by atoms with Crippen LogP contribution in [0.5, 0.6) is 0 Å². The molecule has 1 aromatic carbocycles. The van der Waals surface area contributed by atoms with Gasteiger partial charge in [-0.1, -0.05) is 64.5 Å². The molecule has 0 radical (unpaired) electrons. The fourth-order valence-corrected chi connectivity index (χ4v) is 2.78. The first-order valence-corrected chi connectivity index (χ1v) is 8.71. The van der Waals surface area contributed by atoms with E-state index in [0.717, 1.165) is 0 Å². The smallest absolute Gasteiger partial charge is 0.0596 e. The average molecular weight is 290 g/mol. The highest BCUT2D eigenvalue weighted by molar-refractivity contribution is 5.69. The van der Waals surface area contributed by atoms with Gasteiger partial charge in [-0.15, -0.1) is 0 Å². The molecule has 1 N–H and O–H groups in total. The minimum atomic E-state index is 0.615. The minimum Gasteiger partial charge on any atom is -0.381 e. The molecule has 0 saturated carbocycles. The first-order chi connectivity index (χ1) is 10.2. The second-order valence-corrected chi connectivity index (χ2v) is 6.24. The third kappa shape index (κ3) is 6.88. The summed E-state index contributed by atoms with van der Waals surface area (Å²) < 4.78 is 0. The van der Waals surface area contributed by atoms with Crippen LogP contribution < -0.4 is 10.2 Å². The lowest BCUT2D eigenvalue weighted by atomic mass is 10.0. The van der Waals surface area contributed by atoms with E-state index < -0.39 is 0 Å². The molecule has 0 aliphatic rings. The lowest BCUT2D eigenvalue weighted by Gasteiger charge is -2.24. The van der Waals surface area contributed by atoms with Crippen LogP contribution in [0.4, 0.5) is 11.4 Å². The van der Waals surface area contributed by atoms with Gasteiger partial charge in [0.1, 0.15) is 0 Å². The Labute approximate surface area is 131 Å². The van der Waals surface area contributed by atoms with Crippen LogP contribution in [-0.2, 0) is 0 Å². The normalized spacial score (nSPS) is 10.9. The Balaban J connectivity index is 2.65. The molecule has 0 fully saturated rings. The molecule has 0 aromatic heterocycles. The summed E-state index contributed by atoms with van der Waals surface area (Å²) in [6.07, 6.45) is 10.6. The molecule has 120 valence electrons. The van der Waals surface area contributed by atoms with Crippen LogP contribution in [0.15, 0.2) is 24.3 Å². The number of nitrogens with zero attached hydrogens (tertiary/aromatic N) is 1. The standard InChI is InChI=1S/C19H34N2/c1-5-7-9-13-17(14-10-8-6-2)20-18-15-11-12-16-19(18)21(3)4/h11-12,15-17,20H,5-10,13-14H2,1-4H3. The Bertz CT molecular complexity index is 364. The summed E-state index contributed by atoms with van der Waals surface area (Å²) in [6, 6.07) is 9.26. The molecular weight excluding hydrogens is 256 g/mol. The molecule has 0 unspecified atom stereocenters. The van der Waals surface area contributed by atoms with Crippen molar-refractivity contribution < 1.29 is 0 Å². The molecule has 1 rings (SSSR count). The highest BCUT2D eigenvalue weighted by Crippen LogP contribution is 2.26. The van der Waals surface area contributed by atoms with Gasteiger partial charge in [-0.2, -0.15) is 0 Å². The molecule has 0 bridgehead atoms. The number of benzene rings is 1. The van der Waals surface area contributed by atoms with Gasteiger partial charge in [-0.3, -0.25) is 0 Å². The Morgan fingerprint density at radius 3 is 2.00 bits per heavy atom. The maximum atomic E-state index is 3.81. The molecule has 2 heteroatoms. The summed E-state index contributed by atoms with van der Waals surface area (Å²) in [6.45, 7) is 4.56. The van der Waals surface area contributed by atoms with Crippen LogP contribution in [-0.4, -0.2) is 20.1 Å². The quantitative estimate of drug-likeness (QED) is 0.526. The van der Waals surface area contributed by atoms with Crippen LogP contribution in [0.25, 0.3) is 0 Å². The van der Waals surface area contributed by atoms with Crippen LogP contribution in [0.3, 0.4) is 0 Å². The molecule has 0 amide bonds. The van der Waals surface area contributed by atoms with E-state index in [-0.39, 0.29) is 0 Å². The zero-order valence-electron chi connectivity index (χ0n) is 14.5. The van der Waals surface area contributed by atoms with Crippen molar-refractivity contribution in [1.82, 2.24) is 0 Å². The zero-order valence-corrected chi connectivity index (χ0v) is 14.5. The van der Waals surface area contributed by atoms with Gasteiger partial charge in [0.05, 0.1) is 11.4 Å². The van der Waals surface area contributed by atoms with Gasteiger partial charge in [-0.05, 0) is 25.0 Å².